The average Bonchev–Trinajstić information content (AvgIpc) is 3.09. The van der Waals surface area contributed by atoms with Gasteiger partial charge in [-0.15, -0.1) is 0 Å². The van der Waals surface area contributed by atoms with E-state index in [0.717, 1.165) is 10.6 Å². The maximum atomic E-state index is 12.3. The smallest absolute Gasteiger partial charge is 0.311 e. The van der Waals surface area contributed by atoms with Crippen LogP contribution in [0.4, 0.5) is 5.69 Å². The molecule has 0 aliphatic carbocycles. The molecule has 0 radical (unpaired) electrons. The van der Waals surface area contributed by atoms with Crippen LogP contribution in [0.2, 0.25) is 10.0 Å². The monoisotopic (exact) mass is 463 g/mol. The summed E-state index contributed by atoms with van der Waals surface area (Å²) in [6.07, 6.45) is -0.130. The fraction of sp³-hybridized carbons (Fsp3) is 0.238. The number of carbonyl (C=O) groups excluding carboxylic acids is 4. The summed E-state index contributed by atoms with van der Waals surface area (Å²) in [4.78, 5) is 48.8. The Bertz CT molecular complexity index is 1040. The van der Waals surface area contributed by atoms with Gasteiger partial charge in [-0.05, 0) is 37.3 Å². The van der Waals surface area contributed by atoms with Crippen molar-refractivity contribution in [3.05, 3.63) is 63.6 Å². The van der Waals surface area contributed by atoms with E-state index in [1.807, 2.05) is 13.0 Å². The maximum Gasteiger partial charge on any atom is 0.311 e. The van der Waals surface area contributed by atoms with Crippen molar-refractivity contribution in [1.29, 1.82) is 0 Å². The van der Waals surface area contributed by atoms with Gasteiger partial charge in [-0.3, -0.25) is 29.6 Å². The lowest BCUT2D eigenvalue weighted by atomic mass is 10.1. The first kappa shape index (κ1) is 22.6. The van der Waals surface area contributed by atoms with Crippen molar-refractivity contribution < 1.29 is 23.9 Å². The minimum atomic E-state index is -0.798. The molecule has 162 valence electrons. The van der Waals surface area contributed by atoms with Crippen molar-refractivity contribution in [2.24, 2.45) is 5.92 Å². The van der Waals surface area contributed by atoms with Crippen LogP contribution in [0.3, 0.4) is 0 Å². The Morgan fingerprint density at radius 2 is 1.94 bits per heavy atom. The molecule has 2 aromatic carbocycles. The standard InChI is InChI=1S/C21H19Cl2N3O5/c1-12-3-2-4-13(7-12)20(29)25-26-10-14(8-19(26)28)21(30)31-11-18(27)24-17-9-15(22)5-6-16(17)23/h2-7,9,14H,8,10-11H2,1H3,(H,24,27)(H,25,29)/t14-/m1/s1. The molecule has 0 bridgehead atoms. The lowest BCUT2D eigenvalue weighted by Crippen LogP contribution is -2.43. The Morgan fingerprint density at radius 1 is 1.16 bits per heavy atom. The number of anilines is 1. The highest BCUT2D eigenvalue weighted by atomic mass is 35.5. The van der Waals surface area contributed by atoms with Crippen LogP contribution in [0.25, 0.3) is 0 Å². The highest BCUT2D eigenvalue weighted by molar-refractivity contribution is 6.35. The van der Waals surface area contributed by atoms with Gasteiger partial charge in [0, 0.05) is 17.0 Å². The molecular formula is C21H19Cl2N3O5. The number of hydrazine groups is 1. The molecule has 8 nitrogen and oxygen atoms in total. The van der Waals surface area contributed by atoms with Gasteiger partial charge in [0.15, 0.2) is 6.61 Å². The Morgan fingerprint density at radius 3 is 2.68 bits per heavy atom. The van der Waals surface area contributed by atoms with E-state index >= 15 is 0 Å². The van der Waals surface area contributed by atoms with Crippen molar-refractivity contribution in [1.82, 2.24) is 10.4 Å². The van der Waals surface area contributed by atoms with Gasteiger partial charge in [-0.25, -0.2) is 0 Å². The van der Waals surface area contributed by atoms with Gasteiger partial charge >= 0.3 is 5.97 Å². The number of esters is 1. The summed E-state index contributed by atoms with van der Waals surface area (Å²) in [5.41, 5.74) is 4.09. The third-order valence-corrected chi connectivity index (χ3v) is 5.09. The average molecular weight is 464 g/mol. The minimum Gasteiger partial charge on any atom is -0.455 e. The molecule has 2 N–H and O–H groups in total. The quantitative estimate of drug-likeness (QED) is 0.640. The Hall–Kier alpha value is -3.10. The largest absolute Gasteiger partial charge is 0.455 e. The van der Waals surface area contributed by atoms with Crippen molar-refractivity contribution in [3.63, 3.8) is 0 Å². The van der Waals surface area contributed by atoms with Crippen LogP contribution in [0.1, 0.15) is 22.3 Å². The molecule has 3 rings (SSSR count). The number of carbonyl (C=O) groups is 4. The number of aryl methyl sites for hydroxylation is 1. The summed E-state index contributed by atoms with van der Waals surface area (Å²) in [6.45, 7) is 1.25. The van der Waals surface area contributed by atoms with Gasteiger partial charge in [-0.2, -0.15) is 0 Å². The van der Waals surface area contributed by atoms with Crippen LogP contribution in [0.15, 0.2) is 42.5 Å². The van der Waals surface area contributed by atoms with E-state index < -0.39 is 36.2 Å². The fourth-order valence-corrected chi connectivity index (χ4v) is 3.32. The van der Waals surface area contributed by atoms with Gasteiger partial charge in [0.2, 0.25) is 5.91 Å². The second-order valence-electron chi connectivity index (χ2n) is 7.00. The number of nitrogens with zero attached hydrogens (tertiary/aromatic N) is 1. The molecule has 31 heavy (non-hydrogen) atoms. The van der Waals surface area contributed by atoms with Crippen LogP contribution in [-0.4, -0.2) is 41.9 Å². The predicted octanol–water partition coefficient (Wildman–Crippen LogP) is 2.98. The Balaban J connectivity index is 1.50. The second kappa shape index (κ2) is 9.80. The first-order chi connectivity index (χ1) is 14.7. The maximum absolute atomic E-state index is 12.3. The zero-order chi connectivity index (χ0) is 22.5. The third kappa shape index (κ3) is 5.96. The summed E-state index contributed by atoms with van der Waals surface area (Å²) < 4.78 is 5.01. The predicted molar refractivity (Wildman–Crippen MR) is 115 cm³/mol. The van der Waals surface area contributed by atoms with E-state index in [1.54, 1.807) is 24.3 Å². The number of halogens is 2. The third-order valence-electron chi connectivity index (χ3n) is 4.52. The molecule has 0 aromatic heterocycles. The number of ether oxygens (including phenoxy) is 1. The molecule has 0 spiro atoms. The summed E-state index contributed by atoms with van der Waals surface area (Å²) in [5, 5.41) is 4.25. The zero-order valence-corrected chi connectivity index (χ0v) is 18.0. The van der Waals surface area contributed by atoms with Crippen LogP contribution >= 0.6 is 23.2 Å². The van der Waals surface area contributed by atoms with Crippen molar-refractivity contribution in [3.8, 4) is 0 Å². The number of nitrogens with one attached hydrogen (secondary N) is 2. The first-order valence-electron chi connectivity index (χ1n) is 9.32. The molecule has 0 unspecified atom stereocenters. The summed E-state index contributed by atoms with van der Waals surface area (Å²) in [7, 11) is 0. The Labute approximate surface area is 188 Å². The molecule has 1 saturated heterocycles. The van der Waals surface area contributed by atoms with Crippen molar-refractivity contribution in [2.75, 3.05) is 18.5 Å². The lowest BCUT2D eigenvalue weighted by Gasteiger charge is -2.17. The fourth-order valence-electron chi connectivity index (χ4n) is 2.98. The molecule has 1 fully saturated rings. The van der Waals surface area contributed by atoms with Crippen molar-refractivity contribution >= 4 is 52.6 Å². The molecule has 10 heteroatoms. The molecule has 0 saturated carbocycles. The highest BCUT2D eigenvalue weighted by Crippen LogP contribution is 2.25. The normalized spacial score (nSPS) is 15.5. The van der Waals surface area contributed by atoms with Gasteiger partial charge in [0.05, 0.1) is 23.2 Å². The first-order valence-corrected chi connectivity index (χ1v) is 10.1. The zero-order valence-electron chi connectivity index (χ0n) is 16.5. The highest BCUT2D eigenvalue weighted by Gasteiger charge is 2.36. The van der Waals surface area contributed by atoms with E-state index in [-0.39, 0.29) is 23.7 Å². The minimum absolute atomic E-state index is 0.0447. The number of hydrogen-bond donors (Lipinski definition) is 2. The van der Waals surface area contributed by atoms with E-state index in [2.05, 4.69) is 10.7 Å². The molecule has 2 aromatic rings. The number of amides is 3. The summed E-state index contributed by atoms with van der Waals surface area (Å²) >= 11 is 11.8. The number of rotatable bonds is 6. The van der Waals surface area contributed by atoms with E-state index in [4.69, 9.17) is 27.9 Å². The number of hydrogen-bond acceptors (Lipinski definition) is 5. The van der Waals surface area contributed by atoms with Crippen LogP contribution < -0.4 is 10.7 Å². The van der Waals surface area contributed by atoms with Crippen LogP contribution in [0.5, 0.6) is 0 Å². The van der Waals surface area contributed by atoms with Crippen LogP contribution in [0, 0.1) is 12.8 Å². The van der Waals surface area contributed by atoms with E-state index in [1.165, 1.54) is 12.1 Å². The van der Waals surface area contributed by atoms with Crippen LogP contribution in [-0.2, 0) is 19.1 Å². The van der Waals surface area contributed by atoms with Gasteiger partial charge in [0.1, 0.15) is 0 Å². The molecule has 1 aliphatic rings. The van der Waals surface area contributed by atoms with Gasteiger partial charge in [-0.1, -0.05) is 40.9 Å². The molecule has 3 amide bonds. The second-order valence-corrected chi connectivity index (χ2v) is 7.84. The molecule has 1 aliphatic heterocycles. The summed E-state index contributed by atoms with van der Waals surface area (Å²) in [5.74, 6) is -2.99. The summed E-state index contributed by atoms with van der Waals surface area (Å²) in [6, 6.07) is 11.5. The SMILES string of the molecule is Cc1cccc(C(=O)NN2C[C@H](C(=O)OCC(=O)Nc3cc(Cl)ccc3Cl)CC2=O)c1. The van der Waals surface area contributed by atoms with E-state index in [9.17, 15) is 19.2 Å². The Kier molecular flexibility index (Phi) is 7.14. The number of benzene rings is 2. The lowest BCUT2D eigenvalue weighted by molar-refractivity contribution is -0.151. The molecule has 1 atom stereocenters. The van der Waals surface area contributed by atoms with Gasteiger partial charge < -0.3 is 10.1 Å². The molecular weight excluding hydrogens is 445 g/mol. The topological polar surface area (TPSA) is 105 Å². The van der Waals surface area contributed by atoms with Crippen molar-refractivity contribution in [2.45, 2.75) is 13.3 Å². The van der Waals surface area contributed by atoms with Gasteiger partial charge in [0.25, 0.3) is 11.8 Å². The van der Waals surface area contributed by atoms with E-state index in [0.29, 0.717) is 10.6 Å². The molecule has 1 heterocycles.